The first-order valence-electron chi connectivity index (χ1n) is 9.04. The van der Waals surface area contributed by atoms with E-state index in [4.69, 9.17) is 0 Å². The fourth-order valence-corrected chi connectivity index (χ4v) is 4.58. The first kappa shape index (κ1) is 17.6. The molecule has 0 fully saturated rings. The summed E-state index contributed by atoms with van der Waals surface area (Å²) >= 11 is 1.61. The van der Waals surface area contributed by atoms with Gasteiger partial charge in [0.05, 0.1) is 17.9 Å². The van der Waals surface area contributed by atoms with Crippen LogP contribution >= 0.6 is 11.3 Å². The Bertz CT molecular complexity index is 1070. The Hall–Kier alpha value is -2.80. The highest BCUT2D eigenvalue weighted by Crippen LogP contribution is 2.33. The highest BCUT2D eigenvalue weighted by atomic mass is 32.1. The summed E-state index contributed by atoms with van der Waals surface area (Å²) in [5, 5.41) is 4.67. The van der Waals surface area contributed by atoms with Gasteiger partial charge in [-0.2, -0.15) is 5.10 Å². The van der Waals surface area contributed by atoms with Crippen LogP contribution < -0.4 is 11.0 Å². The van der Waals surface area contributed by atoms with Gasteiger partial charge in [0.25, 0.3) is 11.5 Å². The molecule has 2 heterocycles. The van der Waals surface area contributed by atoms with Crippen molar-refractivity contribution in [2.75, 3.05) is 0 Å². The Morgan fingerprint density at radius 1 is 1.30 bits per heavy atom. The molecule has 1 aromatic carbocycles. The summed E-state index contributed by atoms with van der Waals surface area (Å²) in [6, 6.07) is 8.79. The number of amides is 1. The summed E-state index contributed by atoms with van der Waals surface area (Å²) in [5.74, 6) is -0.352. The number of thiophene rings is 1. The van der Waals surface area contributed by atoms with Crippen LogP contribution in [0.4, 0.5) is 0 Å². The maximum atomic E-state index is 13.0. The molecule has 0 bridgehead atoms. The van der Waals surface area contributed by atoms with Gasteiger partial charge in [-0.3, -0.25) is 14.2 Å². The summed E-state index contributed by atoms with van der Waals surface area (Å²) in [4.78, 5) is 31.9. The van der Waals surface area contributed by atoms with Crippen molar-refractivity contribution in [3.8, 4) is 0 Å². The Kier molecular flexibility index (Phi) is 4.85. The number of hydrogen-bond donors (Lipinski definition) is 1. The maximum absolute atomic E-state index is 13.0. The van der Waals surface area contributed by atoms with Crippen molar-refractivity contribution in [2.45, 2.75) is 38.6 Å². The number of carbonyl (C=O) groups excluding carboxylic acids is 1. The Morgan fingerprint density at radius 3 is 2.89 bits per heavy atom. The molecule has 0 saturated carbocycles. The van der Waals surface area contributed by atoms with E-state index in [1.165, 1.54) is 15.8 Å². The number of aromatic nitrogens is 2. The van der Waals surface area contributed by atoms with Crippen molar-refractivity contribution in [3.63, 3.8) is 0 Å². The zero-order valence-corrected chi connectivity index (χ0v) is 15.8. The van der Waals surface area contributed by atoms with Crippen LogP contribution in [0.3, 0.4) is 0 Å². The Labute approximate surface area is 160 Å². The van der Waals surface area contributed by atoms with E-state index in [-0.39, 0.29) is 11.5 Å². The largest absolute Gasteiger partial charge is 0.286 e. The molecule has 1 aliphatic carbocycles. The van der Waals surface area contributed by atoms with Crippen molar-refractivity contribution in [3.05, 3.63) is 63.0 Å². The number of aryl methyl sites for hydroxylation is 2. The van der Waals surface area contributed by atoms with Crippen LogP contribution in [0.2, 0.25) is 0 Å². The predicted molar refractivity (Wildman–Crippen MR) is 107 cm³/mol. The van der Waals surface area contributed by atoms with Gasteiger partial charge in [-0.1, -0.05) is 30.3 Å². The van der Waals surface area contributed by atoms with Gasteiger partial charge in [0, 0.05) is 4.88 Å². The van der Waals surface area contributed by atoms with Crippen LogP contribution in [-0.4, -0.2) is 21.7 Å². The van der Waals surface area contributed by atoms with Crippen molar-refractivity contribution in [1.82, 2.24) is 15.0 Å². The van der Waals surface area contributed by atoms with Crippen LogP contribution in [0.15, 0.2) is 46.6 Å². The molecule has 6 nitrogen and oxygen atoms in total. The number of fused-ring (bicyclic) bond motifs is 3. The third-order valence-electron chi connectivity index (χ3n) is 4.89. The van der Waals surface area contributed by atoms with Crippen molar-refractivity contribution >= 4 is 33.7 Å². The third-order valence-corrected chi connectivity index (χ3v) is 6.08. The van der Waals surface area contributed by atoms with Crippen molar-refractivity contribution in [2.24, 2.45) is 5.10 Å². The average molecular weight is 380 g/mol. The van der Waals surface area contributed by atoms with E-state index in [0.29, 0.717) is 5.39 Å². The highest BCUT2D eigenvalue weighted by molar-refractivity contribution is 7.18. The van der Waals surface area contributed by atoms with Crippen molar-refractivity contribution < 1.29 is 4.79 Å². The van der Waals surface area contributed by atoms with E-state index in [1.807, 2.05) is 30.3 Å². The molecule has 27 heavy (non-hydrogen) atoms. The molecule has 1 amide bonds. The Morgan fingerprint density at radius 2 is 2.07 bits per heavy atom. The minimum atomic E-state index is -0.693. The normalized spacial score (nSPS) is 15.0. The SMILES string of the molecule is C[C@@H](C(=O)N/N=C\c1ccccc1)n1cnc2sc3c(c2c1=O)CCCC3. The minimum Gasteiger partial charge on any atom is -0.286 e. The second-order valence-corrected chi connectivity index (χ2v) is 7.75. The number of rotatable bonds is 4. The summed E-state index contributed by atoms with van der Waals surface area (Å²) in [7, 11) is 0. The van der Waals surface area contributed by atoms with E-state index < -0.39 is 6.04 Å². The van der Waals surface area contributed by atoms with E-state index in [1.54, 1.807) is 24.5 Å². The van der Waals surface area contributed by atoms with E-state index >= 15 is 0 Å². The first-order chi connectivity index (χ1) is 13.1. The van der Waals surface area contributed by atoms with Gasteiger partial charge in [-0.05, 0) is 43.7 Å². The zero-order chi connectivity index (χ0) is 18.8. The fourth-order valence-electron chi connectivity index (χ4n) is 3.36. The number of benzene rings is 1. The van der Waals surface area contributed by atoms with Crippen LogP contribution in [0.25, 0.3) is 10.2 Å². The number of hydrogen-bond acceptors (Lipinski definition) is 5. The van der Waals surface area contributed by atoms with Crippen LogP contribution in [0.1, 0.15) is 41.8 Å². The number of nitrogens with zero attached hydrogens (tertiary/aromatic N) is 3. The molecular weight excluding hydrogens is 360 g/mol. The third kappa shape index (κ3) is 3.42. The quantitative estimate of drug-likeness (QED) is 0.558. The van der Waals surface area contributed by atoms with Gasteiger partial charge in [0.2, 0.25) is 0 Å². The predicted octanol–water partition coefficient (Wildman–Crippen LogP) is 3.05. The topological polar surface area (TPSA) is 76.3 Å². The molecule has 0 unspecified atom stereocenters. The second kappa shape index (κ2) is 7.44. The summed E-state index contributed by atoms with van der Waals surface area (Å²) in [6.45, 7) is 1.68. The molecule has 138 valence electrons. The molecule has 0 radical (unpaired) electrons. The molecule has 3 aromatic rings. The second-order valence-electron chi connectivity index (χ2n) is 6.67. The fraction of sp³-hybridized carbons (Fsp3) is 0.300. The first-order valence-corrected chi connectivity index (χ1v) is 9.86. The molecule has 7 heteroatoms. The molecular formula is C20H20N4O2S. The van der Waals surface area contributed by atoms with Gasteiger partial charge in [0.1, 0.15) is 10.9 Å². The average Bonchev–Trinajstić information content (AvgIpc) is 3.08. The van der Waals surface area contributed by atoms with E-state index in [2.05, 4.69) is 15.5 Å². The monoisotopic (exact) mass is 380 g/mol. The summed E-state index contributed by atoms with van der Waals surface area (Å²) in [6.07, 6.45) is 7.23. The summed E-state index contributed by atoms with van der Waals surface area (Å²) < 4.78 is 1.40. The number of nitrogens with one attached hydrogen (secondary N) is 1. The lowest BCUT2D eigenvalue weighted by Gasteiger charge is -2.14. The molecule has 0 aliphatic heterocycles. The standard InChI is InChI=1S/C20H20N4O2S/c1-13(18(25)23-22-11-14-7-3-2-4-8-14)24-12-21-19-17(20(24)26)15-9-5-6-10-16(15)27-19/h2-4,7-8,11-13H,5-6,9-10H2,1H3,(H,23,25)/b22-11-/t13-/m0/s1. The molecule has 0 saturated heterocycles. The maximum Gasteiger partial charge on any atom is 0.263 e. The smallest absolute Gasteiger partial charge is 0.263 e. The van der Waals surface area contributed by atoms with E-state index in [9.17, 15) is 9.59 Å². The lowest BCUT2D eigenvalue weighted by atomic mass is 9.97. The molecule has 1 N–H and O–H groups in total. The van der Waals surface area contributed by atoms with Gasteiger partial charge < -0.3 is 0 Å². The number of carbonyl (C=O) groups is 1. The van der Waals surface area contributed by atoms with Gasteiger partial charge in [0.15, 0.2) is 0 Å². The van der Waals surface area contributed by atoms with Gasteiger partial charge in [-0.25, -0.2) is 10.4 Å². The number of hydrazone groups is 1. The minimum absolute atomic E-state index is 0.144. The van der Waals surface area contributed by atoms with Crippen LogP contribution in [-0.2, 0) is 17.6 Å². The molecule has 1 atom stereocenters. The lowest BCUT2D eigenvalue weighted by Crippen LogP contribution is -2.34. The highest BCUT2D eigenvalue weighted by Gasteiger charge is 2.23. The summed E-state index contributed by atoms with van der Waals surface area (Å²) in [5.41, 5.74) is 4.37. The molecule has 4 rings (SSSR count). The van der Waals surface area contributed by atoms with Crippen LogP contribution in [0.5, 0.6) is 0 Å². The van der Waals surface area contributed by atoms with Crippen molar-refractivity contribution in [1.29, 1.82) is 0 Å². The Balaban J connectivity index is 1.58. The van der Waals surface area contributed by atoms with Crippen LogP contribution in [0, 0.1) is 0 Å². The van der Waals surface area contributed by atoms with Gasteiger partial charge >= 0.3 is 0 Å². The van der Waals surface area contributed by atoms with Gasteiger partial charge in [-0.15, -0.1) is 11.3 Å². The zero-order valence-electron chi connectivity index (χ0n) is 15.0. The van der Waals surface area contributed by atoms with E-state index in [0.717, 1.165) is 41.6 Å². The molecule has 2 aromatic heterocycles. The molecule has 0 spiro atoms. The molecule has 1 aliphatic rings. The lowest BCUT2D eigenvalue weighted by molar-refractivity contribution is -0.123.